The quantitative estimate of drug-likeness (QED) is 0.553. The Morgan fingerprint density at radius 1 is 1.29 bits per heavy atom. The molecule has 28 heavy (non-hydrogen) atoms. The number of carbonyl (C=O) groups excluding carboxylic acids is 1. The monoisotopic (exact) mass is 457 g/mol. The Hall–Kier alpha value is -1.35. The van der Waals surface area contributed by atoms with Gasteiger partial charge in [0.2, 0.25) is 0 Å². The van der Waals surface area contributed by atoms with Crippen LogP contribution in [0.5, 0.6) is 11.5 Å². The number of ether oxygens (including phenoxy) is 3. The fourth-order valence-electron chi connectivity index (χ4n) is 2.93. The molecule has 1 aliphatic rings. The van der Waals surface area contributed by atoms with E-state index in [0.29, 0.717) is 18.0 Å². The van der Waals surface area contributed by atoms with Gasteiger partial charge in [-0.2, -0.15) is 0 Å². The molecule has 1 saturated heterocycles. The van der Waals surface area contributed by atoms with Crippen LogP contribution in [0.15, 0.2) is 16.6 Å². The molecule has 1 aromatic carbocycles. The van der Waals surface area contributed by atoms with E-state index in [1.807, 2.05) is 32.9 Å². The predicted molar refractivity (Wildman–Crippen MR) is 113 cm³/mol. The van der Waals surface area contributed by atoms with Crippen LogP contribution in [0.2, 0.25) is 0 Å². The summed E-state index contributed by atoms with van der Waals surface area (Å²) < 4.78 is 17.6. The molecule has 1 fully saturated rings. The summed E-state index contributed by atoms with van der Waals surface area (Å²) in [6, 6.07) is 3.76. The van der Waals surface area contributed by atoms with Crippen LogP contribution >= 0.6 is 15.9 Å². The van der Waals surface area contributed by atoms with Crippen LogP contribution in [-0.2, 0) is 16.1 Å². The van der Waals surface area contributed by atoms with Gasteiger partial charge in [-0.15, -0.1) is 0 Å². The number of rotatable bonds is 9. The Balaban J connectivity index is 1.96. The lowest BCUT2D eigenvalue weighted by Crippen LogP contribution is -2.43. The molecule has 8 heteroatoms. The maximum atomic E-state index is 12.1. The summed E-state index contributed by atoms with van der Waals surface area (Å²) in [4.78, 5) is 14.5. The van der Waals surface area contributed by atoms with E-state index < -0.39 is 0 Å². The molecule has 1 aromatic rings. The van der Waals surface area contributed by atoms with Crippen molar-refractivity contribution in [3.8, 4) is 11.5 Å². The zero-order chi connectivity index (χ0) is 20.6. The SMILES string of the molecule is COc1ccc(Br)c(CNCCN2CCOCC2)c1OCC(=O)NC(C)(C)C. The molecule has 0 spiro atoms. The molecule has 2 N–H and O–H groups in total. The highest BCUT2D eigenvalue weighted by atomic mass is 79.9. The first kappa shape index (κ1) is 22.9. The standard InChI is InChI=1S/C20H32BrN3O4/c1-20(2,3)23-18(25)14-28-19-15(16(21)5-6-17(19)26-4)13-22-7-8-24-9-11-27-12-10-24/h5-6,22H,7-14H2,1-4H3,(H,23,25). The summed E-state index contributed by atoms with van der Waals surface area (Å²) in [5.41, 5.74) is 0.635. The summed E-state index contributed by atoms with van der Waals surface area (Å²) in [6.07, 6.45) is 0. The number of methoxy groups -OCH3 is 1. The fraction of sp³-hybridized carbons (Fsp3) is 0.650. The van der Waals surface area contributed by atoms with Crippen LogP contribution in [0.4, 0.5) is 0 Å². The van der Waals surface area contributed by atoms with Gasteiger partial charge in [0.05, 0.1) is 20.3 Å². The van der Waals surface area contributed by atoms with Crippen molar-refractivity contribution < 1.29 is 19.0 Å². The third kappa shape index (κ3) is 7.58. The third-order valence-electron chi connectivity index (χ3n) is 4.26. The molecule has 7 nitrogen and oxygen atoms in total. The minimum atomic E-state index is -0.300. The van der Waals surface area contributed by atoms with Gasteiger partial charge in [0.25, 0.3) is 5.91 Å². The molecule has 0 aliphatic carbocycles. The lowest BCUT2D eigenvalue weighted by atomic mass is 10.1. The normalized spacial score (nSPS) is 15.3. The molecule has 0 atom stereocenters. The summed E-state index contributed by atoms with van der Waals surface area (Å²) in [7, 11) is 1.60. The molecule has 0 saturated carbocycles. The van der Waals surface area contributed by atoms with Gasteiger partial charge in [-0.25, -0.2) is 0 Å². The minimum absolute atomic E-state index is 0.0646. The van der Waals surface area contributed by atoms with E-state index in [4.69, 9.17) is 14.2 Å². The van der Waals surface area contributed by atoms with E-state index >= 15 is 0 Å². The number of morpholine rings is 1. The predicted octanol–water partition coefficient (Wildman–Crippen LogP) is 2.17. The largest absolute Gasteiger partial charge is 0.493 e. The fourth-order valence-corrected chi connectivity index (χ4v) is 3.39. The lowest BCUT2D eigenvalue weighted by molar-refractivity contribution is -0.124. The second kappa shape index (κ2) is 11.0. The van der Waals surface area contributed by atoms with Crippen LogP contribution in [-0.4, -0.2) is 69.5 Å². The van der Waals surface area contributed by atoms with Crippen molar-refractivity contribution >= 4 is 21.8 Å². The van der Waals surface area contributed by atoms with Crippen molar-refractivity contribution in [1.29, 1.82) is 0 Å². The molecular formula is C20H32BrN3O4. The smallest absolute Gasteiger partial charge is 0.258 e. The number of benzene rings is 1. The van der Waals surface area contributed by atoms with E-state index in [1.165, 1.54) is 0 Å². The van der Waals surface area contributed by atoms with Crippen LogP contribution in [0, 0.1) is 0 Å². The van der Waals surface area contributed by atoms with Crippen LogP contribution in [0.3, 0.4) is 0 Å². The number of amides is 1. The van der Waals surface area contributed by atoms with Gasteiger partial charge < -0.3 is 24.8 Å². The van der Waals surface area contributed by atoms with Gasteiger partial charge in [-0.05, 0) is 32.9 Å². The number of hydrogen-bond donors (Lipinski definition) is 2. The van der Waals surface area contributed by atoms with E-state index in [9.17, 15) is 4.79 Å². The number of hydrogen-bond acceptors (Lipinski definition) is 6. The summed E-state index contributed by atoms with van der Waals surface area (Å²) in [5, 5.41) is 6.36. The summed E-state index contributed by atoms with van der Waals surface area (Å²) >= 11 is 3.59. The van der Waals surface area contributed by atoms with E-state index in [0.717, 1.165) is 49.4 Å². The van der Waals surface area contributed by atoms with Gasteiger partial charge in [0.15, 0.2) is 18.1 Å². The van der Waals surface area contributed by atoms with Crippen LogP contribution in [0.25, 0.3) is 0 Å². The number of nitrogens with zero attached hydrogens (tertiary/aromatic N) is 1. The first-order chi connectivity index (χ1) is 13.3. The maximum Gasteiger partial charge on any atom is 0.258 e. The van der Waals surface area contributed by atoms with Crippen molar-refractivity contribution in [3.05, 3.63) is 22.2 Å². The molecule has 2 rings (SSSR count). The van der Waals surface area contributed by atoms with Crippen molar-refractivity contribution in [1.82, 2.24) is 15.5 Å². The molecule has 1 heterocycles. The second-order valence-corrected chi connectivity index (χ2v) is 8.63. The molecule has 1 amide bonds. The number of nitrogens with one attached hydrogen (secondary N) is 2. The highest BCUT2D eigenvalue weighted by Gasteiger charge is 2.18. The van der Waals surface area contributed by atoms with Crippen molar-refractivity contribution in [2.45, 2.75) is 32.9 Å². The zero-order valence-corrected chi connectivity index (χ0v) is 18.9. The van der Waals surface area contributed by atoms with Gasteiger partial charge in [-0.3, -0.25) is 9.69 Å². The van der Waals surface area contributed by atoms with Gasteiger partial charge in [0, 0.05) is 48.3 Å². The van der Waals surface area contributed by atoms with Crippen molar-refractivity contribution in [2.75, 3.05) is 53.1 Å². The molecule has 0 bridgehead atoms. The minimum Gasteiger partial charge on any atom is -0.493 e. The van der Waals surface area contributed by atoms with E-state index in [1.54, 1.807) is 7.11 Å². The second-order valence-electron chi connectivity index (χ2n) is 7.77. The molecule has 0 unspecified atom stereocenters. The number of carbonyl (C=O) groups is 1. The number of halogens is 1. The Labute approximate surface area is 176 Å². The molecular weight excluding hydrogens is 426 g/mol. The summed E-state index contributed by atoms with van der Waals surface area (Å²) in [5.74, 6) is 1.03. The van der Waals surface area contributed by atoms with Crippen molar-refractivity contribution in [2.24, 2.45) is 0 Å². The van der Waals surface area contributed by atoms with Crippen LogP contribution in [0.1, 0.15) is 26.3 Å². The van der Waals surface area contributed by atoms with Gasteiger partial charge in [-0.1, -0.05) is 15.9 Å². The first-order valence-corrected chi connectivity index (χ1v) is 10.4. The Bertz CT molecular complexity index is 643. The average molecular weight is 458 g/mol. The van der Waals surface area contributed by atoms with E-state index in [-0.39, 0.29) is 18.1 Å². The third-order valence-corrected chi connectivity index (χ3v) is 5.00. The summed E-state index contributed by atoms with van der Waals surface area (Å²) in [6.45, 7) is 11.7. The Morgan fingerprint density at radius 3 is 2.64 bits per heavy atom. The Kier molecular flexibility index (Phi) is 9.01. The average Bonchev–Trinajstić information content (AvgIpc) is 2.64. The van der Waals surface area contributed by atoms with Gasteiger partial charge in [0.1, 0.15) is 0 Å². The molecule has 1 aliphatic heterocycles. The van der Waals surface area contributed by atoms with E-state index in [2.05, 4.69) is 31.5 Å². The molecule has 0 aromatic heterocycles. The van der Waals surface area contributed by atoms with Gasteiger partial charge >= 0.3 is 0 Å². The molecule has 158 valence electrons. The first-order valence-electron chi connectivity index (χ1n) is 9.60. The zero-order valence-electron chi connectivity index (χ0n) is 17.3. The van der Waals surface area contributed by atoms with Crippen LogP contribution < -0.4 is 20.1 Å². The Morgan fingerprint density at radius 2 is 2.00 bits per heavy atom. The topological polar surface area (TPSA) is 72.1 Å². The maximum absolute atomic E-state index is 12.1. The highest BCUT2D eigenvalue weighted by molar-refractivity contribution is 9.10. The lowest BCUT2D eigenvalue weighted by Gasteiger charge is -2.26. The molecule has 0 radical (unpaired) electrons. The highest BCUT2D eigenvalue weighted by Crippen LogP contribution is 2.36. The van der Waals surface area contributed by atoms with Crippen molar-refractivity contribution in [3.63, 3.8) is 0 Å².